The molecule has 0 aliphatic carbocycles. The zero-order valence-electron chi connectivity index (χ0n) is 13.2. The van der Waals surface area contributed by atoms with E-state index in [1.165, 1.54) is 0 Å². The highest BCUT2D eigenvalue weighted by Gasteiger charge is 2.08. The molecule has 25 heavy (non-hydrogen) atoms. The molecule has 0 spiro atoms. The molecule has 7 heteroatoms. The van der Waals surface area contributed by atoms with Gasteiger partial charge >= 0.3 is 0 Å². The van der Waals surface area contributed by atoms with Crippen molar-refractivity contribution in [1.82, 2.24) is 14.9 Å². The van der Waals surface area contributed by atoms with Crippen molar-refractivity contribution in [2.24, 2.45) is 5.10 Å². The number of aromatic nitrogens is 3. The number of benzene rings is 2. The number of aromatic amines is 1. The molecule has 1 aromatic heterocycles. The maximum absolute atomic E-state index is 5.67. The molecule has 2 aromatic carbocycles. The Kier molecular flexibility index (Phi) is 5.57. The Hall–Kier alpha value is -2.51. The Balaban J connectivity index is 1.98. The summed E-state index contributed by atoms with van der Waals surface area (Å²) in [6, 6.07) is 15.4. The quantitative estimate of drug-likeness (QED) is 0.357. The van der Waals surface area contributed by atoms with Crippen LogP contribution in [0.25, 0.3) is 11.4 Å². The van der Waals surface area contributed by atoms with Gasteiger partial charge in [0, 0.05) is 15.6 Å². The van der Waals surface area contributed by atoms with E-state index in [2.05, 4.69) is 37.8 Å². The summed E-state index contributed by atoms with van der Waals surface area (Å²) < 4.78 is 8.60. The number of halogens is 1. The largest absolute Gasteiger partial charge is 0.489 e. The van der Waals surface area contributed by atoms with Gasteiger partial charge in [-0.05, 0) is 30.4 Å². The van der Waals surface area contributed by atoms with Crippen molar-refractivity contribution < 1.29 is 4.74 Å². The molecule has 0 saturated carbocycles. The number of hydrogen-bond donors (Lipinski definition) is 1. The average molecular weight is 415 g/mol. The van der Waals surface area contributed by atoms with E-state index in [-0.39, 0.29) is 0 Å². The van der Waals surface area contributed by atoms with Crippen LogP contribution >= 0.6 is 28.1 Å². The van der Waals surface area contributed by atoms with Crippen molar-refractivity contribution in [2.75, 3.05) is 6.61 Å². The molecular weight excluding hydrogens is 400 g/mol. The van der Waals surface area contributed by atoms with Gasteiger partial charge in [-0.15, -0.1) is 0 Å². The van der Waals surface area contributed by atoms with Gasteiger partial charge in [-0.1, -0.05) is 58.9 Å². The van der Waals surface area contributed by atoms with Gasteiger partial charge in [0.25, 0.3) is 0 Å². The standard InChI is InChI=1S/C18H15BrN4OS/c1-2-10-24-16-9-8-15(19)11-14(16)12-20-23-17(21-22-18(23)25)13-6-4-3-5-7-13/h2-9,11-12H,1,10H2,(H,22,25)/b20-12-. The molecule has 0 fully saturated rings. The zero-order chi connectivity index (χ0) is 17.6. The van der Waals surface area contributed by atoms with Crippen LogP contribution in [0, 0.1) is 4.77 Å². The summed E-state index contributed by atoms with van der Waals surface area (Å²) in [7, 11) is 0. The maximum Gasteiger partial charge on any atom is 0.216 e. The van der Waals surface area contributed by atoms with Gasteiger partial charge in [0.05, 0.1) is 6.21 Å². The third-order valence-electron chi connectivity index (χ3n) is 3.32. The second kappa shape index (κ2) is 8.04. The van der Waals surface area contributed by atoms with E-state index in [4.69, 9.17) is 17.0 Å². The van der Waals surface area contributed by atoms with Crippen LogP contribution in [0.2, 0.25) is 0 Å². The van der Waals surface area contributed by atoms with Crippen LogP contribution in [0.3, 0.4) is 0 Å². The summed E-state index contributed by atoms with van der Waals surface area (Å²) in [4.78, 5) is 0. The predicted molar refractivity (Wildman–Crippen MR) is 106 cm³/mol. The summed E-state index contributed by atoms with van der Waals surface area (Å²) in [6.07, 6.45) is 3.39. The lowest BCUT2D eigenvalue weighted by Crippen LogP contribution is -1.99. The highest BCUT2D eigenvalue weighted by molar-refractivity contribution is 9.10. The molecule has 0 unspecified atom stereocenters. The molecule has 0 aliphatic heterocycles. The number of H-pyrrole nitrogens is 1. The van der Waals surface area contributed by atoms with Gasteiger partial charge in [0.2, 0.25) is 4.77 Å². The minimum Gasteiger partial charge on any atom is -0.489 e. The molecule has 0 atom stereocenters. The highest BCUT2D eigenvalue weighted by Crippen LogP contribution is 2.22. The van der Waals surface area contributed by atoms with Gasteiger partial charge in [-0.2, -0.15) is 14.9 Å². The Labute approximate surface area is 158 Å². The van der Waals surface area contributed by atoms with E-state index < -0.39 is 0 Å². The van der Waals surface area contributed by atoms with E-state index in [1.54, 1.807) is 17.0 Å². The first-order valence-corrected chi connectivity index (χ1v) is 8.69. The molecule has 0 bridgehead atoms. The van der Waals surface area contributed by atoms with Crippen LogP contribution in [0.4, 0.5) is 0 Å². The summed E-state index contributed by atoms with van der Waals surface area (Å²) in [5.41, 5.74) is 1.74. The van der Waals surface area contributed by atoms with Gasteiger partial charge < -0.3 is 4.74 Å². The summed E-state index contributed by atoms with van der Waals surface area (Å²) in [5.74, 6) is 1.36. The third-order valence-corrected chi connectivity index (χ3v) is 4.08. The maximum atomic E-state index is 5.67. The van der Waals surface area contributed by atoms with Crippen LogP contribution in [0.5, 0.6) is 5.75 Å². The average Bonchev–Trinajstić information content (AvgIpc) is 3.00. The smallest absolute Gasteiger partial charge is 0.216 e. The summed E-state index contributed by atoms with van der Waals surface area (Å²) in [6.45, 7) is 4.09. The van der Waals surface area contributed by atoms with Crippen molar-refractivity contribution in [3.05, 3.63) is 76.0 Å². The van der Waals surface area contributed by atoms with Gasteiger partial charge in [-0.3, -0.25) is 0 Å². The van der Waals surface area contributed by atoms with E-state index in [0.29, 0.717) is 23.0 Å². The minimum absolute atomic E-state index is 0.415. The predicted octanol–water partition coefficient (Wildman–Crippen LogP) is 4.82. The highest BCUT2D eigenvalue weighted by atomic mass is 79.9. The zero-order valence-corrected chi connectivity index (χ0v) is 15.6. The van der Waals surface area contributed by atoms with Gasteiger partial charge in [0.15, 0.2) is 5.82 Å². The number of nitrogens with zero attached hydrogens (tertiary/aromatic N) is 3. The third kappa shape index (κ3) is 4.12. The van der Waals surface area contributed by atoms with Crippen LogP contribution in [0.1, 0.15) is 5.56 Å². The molecule has 0 aliphatic rings. The van der Waals surface area contributed by atoms with Gasteiger partial charge in [-0.25, -0.2) is 5.10 Å². The fraction of sp³-hybridized carbons (Fsp3) is 0.0556. The van der Waals surface area contributed by atoms with Crippen LogP contribution < -0.4 is 4.74 Å². The Morgan fingerprint density at radius 1 is 1.28 bits per heavy atom. The van der Waals surface area contributed by atoms with Crippen molar-refractivity contribution in [2.45, 2.75) is 0 Å². The first kappa shape index (κ1) is 17.3. The fourth-order valence-electron chi connectivity index (χ4n) is 2.19. The van der Waals surface area contributed by atoms with E-state index >= 15 is 0 Å². The van der Waals surface area contributed by atoms with Crippen LogP contribution in [-0.2, 0) is 0 Å². The Bertz CT molecular complexity index is 963. The molecule has 126 valence electrons. The van der Waals surface area contributed by atoms with Crippen LogP contribution in [-0.4, -0.2) is 27.7 Å². The SMILES string of the molecule is C=CCOc1ccc(Br)cc1/C=N\n1c(-c2ccccc2)n[nH]c1=S. The van der Waals surface area contributed by atoms with E-state index in [9.17, 15) is 0 Å². The van der Waals surface area contributed by atoms with Gasteiger partial charge in [0.1, 0.15) is 12.4 Å². The summed E-state index contributed by atoms with van der Waals surface area (Å²) >= 11 is 8.76. The molecule has 1 heterocycles. The normalized spacial score (nSPS) is 10.9. The first-order valence-electron chi connectivity index (χ1n) is 7.49. The Morgan fingerprint density at radius 2 is 2.08 bits per heavy atom. The van der Waals surface area contributed by atoms with Crippen molar-refractivity contribution in [1.29, 1.82) is 0 Å². The van der Waals surface area contributed by atoms with Crippen molar-refractivity contribution in [3.63, 3.8) is 0 Å². The van der Waals surface area contributed by atoms with E-state index in [0.717, 1.165) is 15.6 Å². The Morgan fingerprint density at radius 3 is 2.84 bits per heavy atom. The number of ether oxygens (including phenoxy) is 1. The molecule has 0 saturated heterocycles. The topological polar surface area (TPSA) is 55.2 Å². The molecule has 1 N–H and O–H groups in total. The molecule has 5 nitrogen and oxygen atoms in total. The van der Waals surface area contributed by atoms with Crippen molar-refractivity contribution in [3.8, 4) is 17.1 Å². The lowest BCUT2D eigenvalue weighted by molar-refractivity contribution is 0.362. The number of nitrogens with one attached hydrogen (secondary N) is 1. The number of hydrogen-bond acceptors (Lipinski definition) is 4. The van der Waals surface area contributed by atoms with E-state index in [1.807, 2.05) is 48.5 Å². The monoisotopic (exact) mass is 414 g/mol. The number of rotatable bonds is 6. The minimum atomic E-state index is 0.415. The first-order chi connectivity index (χ1) is 12.2. The molecule has 0 radical (unpaired) electrons. The van der Waals surface area contributed by atoms with Crippen molar-refractivity contribution >= 4 is 34.4 Å². The lowest BCUT2D eigenvalue weighted by Gasteiger charge is -2.07. The molecule has 3 rings (SSSR count). The molecular formula is C18H15BrN4OS. The second-order valence-corrected chi connectivity index (χ2v) is 6.36. The molecule has 0 amide bonds. The fourth-order valence-corrected chi connectivity index (χ4v) is 2.75. The van der Waals surface area contributed by atoms with Crippen LogP contribution in [0.15, 0.2) is 70.8 Å². The summed E-state index contributed by atoms with van der Waals surface area (Å²) in [5, 5.41) is 11.5. The second-order valence-electron chi connectivity index (χ2n) is 5.06. The lowest BCUT2D eigenvalue weighted by atomic mass is 10.2. The molecule has 3 aromatic rings.